The summed E-state index contributed by atoms with van der Waals surface area (Å²) in [6.07, 6.45) is 2.20. The fourth-order valence-electron chi connectivity index (χ4n) is 4.99. The van der Waals surface area contributed by atoms with Gasteiger partial charge in [-0.3, -0.25) is 14.5 Å². The van der Waals surface area contributed by atoms with Gasteiger partial charge < -0.3 is 10.1 Å². The minimum Gasteiger partial charge on any atom is -0.459 e. The zero-order chi connectivity index (χ0) is 21.4. The van der Waals surface area contributed by atoms with Gasteiger partial charge in [-0.05, 0) is 47.6 Å². The zero-order valence-corrected chi connectivity index (χ0v) is 18.1. The highest BCUT2D eigenvalue weighted by Crippen LogP contribution is 2.46. The molecule has 0 bridgehead atoms. The number of carbonyl (C=O) groups excluding carboxylic acids is 3. The van der Waals surface area contributed by atoms with E-state index in [1.807, 2.05) is 24.3 Å². The summed E-state index contributed by atoms with van der Waals surface area (Å²) in [5, 5.41) is 2.88. The summed E-state index contributed by atoms with van der Waals surface area (Å²) in [6.45, 7) is 10.3. The minimum absolute atomic E-state index is 0.0424. The number of carbonyl (C=O) groups is 3. The molecule has 6 heteroatoms. The van der Waals surface area contributed by atoms with Gasteiger partial charge in [0.2, 0.25) is 0 Å². The van der Waals surface area contributed by atoms with Crippen LogP contribution in [0.15, 0.2) is 24.3 Å². The van der Waals surface area contributed by atoms with Crippen molar-refractivity contribution in [2.45, 2.75) is 71.9 Å². The van der Waals surface area contributed by atoms with Crippen molar-refractivity contribution < 1.29 is 19.1 Å². The topological polar surface area (TPSA) is 75.7 Å². The Balaban J connectivity index is 1.60. The molecule has 6 nitrogen and oxygen atoms in total. The number of ether oxygens (including phenoxy) is 1. The van der Waals surface area contributed by atoms with Crippen LogP contribution in [0.25, 0.3) is 0 Å². The number of nitrogens with one attached hydrogen (secondary N) is 1. The Morgan fingerprint density at radius 3 is 2.45 bits per heavy atom. The maximum atomic E-state index is 13.1. The smallest absolute Gasteiger partial charge is 0.326 e. The van der Waals surface area contributed by atoms with Crippen LogP contribution in [-0.2, 0) is 20.9 Å². The Morgan fingerprint density at radius 1 is 1.21 bits per heavy atom. The lowest BCUT2D eigenvalue weighted by molar-refractivity contribution is -0.149. The van der Waals surface area contributed by atoms with Gasteiger partial charge in [-0.25, -0.2) is 4.79 Å². The number of hydrogen-bond acceptors (Lipinski definition) is 4. The molecular formula is C23H32N2O4. The van der Waals surface area contributed by atoms with E-state index < -0.39 is 17.5 Å². The quantitative estimate of drug-likeness (QED) is 0.599. The predicted octanol–water partition coefficient (Wildman–Crippen LogP) is 3.99. The zero-order valence-electron chi connectivity index (χ0n) is 18.1. The van der Waals surface area contributed by atoms with Crippen molar-refractivity contribution in [3.63, 3.8) is 0 Å². The standard InChI is InChI=1S/C23H32N2O4/c1-15(2)18-8-6-17(7-9-18)13-29-19(26)12-25-20(27)23(24-21(25)28)11-16(3)10-22(4,5)14-23/h6-9,15-16H,10-14H2,1-5H3,(H,24,28)/t16-,23+/m0/s1. The van der Waals surface area contributed by atoms with Crippen LogP contribution in [0.5, 0.6) is 0 Å². The van der Waals surface area contributed by atoms with Gasteiger partial charge in [0.1, 0.15) is 18.7 Å². The van der Waals surface area contributed by atoms with E-state index in [0.29, 0.717) is 24.7 Å². The van der Waals surface area contributed by atoms with E-state index in [1.54, 1.807) is 0 Å². The van der Waals surface area contributed by atoms with E-state index in [0.717, 1.165) is 16.9 Å². The summed E-state index contributed by atoms with van der Waals surface area (Å²) in [7, 11) is 0. The summed E-state index contributed by atoms with van der Waals surface area (Å²) >= 11 is 0. The number of nitrogens with zero attached hydrogens (tertiary/aromatic N) is 1. The molecule has 1 N–H and O–H groups in total. The first kappa shape index (κ1) is 21.3. The summed E-state index contributed by atoms with van der Waals surface area (Å²) in [5.74, 6) is -0.128. The molecule has 1 spiro atoms. The summed E-state index contributed by atoms with van der Waals surface area (Å²) in [5.41, 5.74) is 1.15. The van der Waals surface area contributed by atoms with Crippen LogP contribution in [0, 0.1) is 11.3 Å². The highest BCUT2D eigenvalue weighted by Gasteiger charge is 2.56. The molecule has 1 saturated heterocycles. The van der Waals surface area contributed by atoms with Crippen molar-refractivity contribution in [2.24, 2.45) is 11.3 Å². The molecule has 29 heavy (non-hydrogen) atoms. The molecular weight excluding hydrogens is 368 g/mol. The second kappa shape index (κ2) is 7.81. The van der Waals surface area contributed by atoms with E-state index in [1.165, 1.54) is 5.56 Å². The molecule has 2 fully saturated rings. The third kappa shape index (κ3) is 4.62. The maximum absolute atomic E-state index is 13.1. The molecule has 1 aliphatic carbocycles. The molecule has 0 radical (unpaired) electrons. The van der Waals surface area contributed by atoms with Gasteiger partial charge in [0.05, 0.1) is 0 Å². The lowest BCUT2D eigenvalue weighted by Crippen LogP contribution is -2.54. The van der Waals surface area contributed by atoms with Gasteiger partial charge in [0, 0.05) is 0 Å². The fourth-order valence-corrected chi connectivity index (χ4v) is 4.99. The first-order valence-electron chi connectivity index (χ1n) is 10.4. The number of imide groups is 1. The molecule has 1 aromatic rings. The Labute approximate surface area is 173 Å². The molecule has 0 unspecified atom stereocenters. The SMILES string of the molecule is CC(C)c1ccc(COC(=O)CN2C(=O)N[C@@]3(C[C@@H](C)CC(C)(C)C3)C2=O)cc1. The third-order valence-corrected chi connectivity index (χ3v) is 5.96. The number of esters is 1. The van der Waals surface area contributed by atoms with Crippen LogP contribution >= 0.6 is 0 Å². The lowest BCUT2D eigenvalue weighted by Gasteiger charge is -2.43. The van der Waals surface area contributed by atoms with E-state index in [4.69, 9.17) is 4.74 Å². The summed E-state index contributed by atoms with van der Waals surface area (Å²) in [4.78, 5) is 38.9. The van der Waals surface area contributed by atoms with Gasteiger partial charge in [0.15, 0.2) is 0 Å². The third-order valence-electron chi connectivity index (χ3n) is 5.96. The molecule has 2 atom stereocenters. The first-order valence-corrected chi connectivity index (χ1v) is 10.4. The second-order valence-corrected chi connectivity index (χ2v) is 9.81. The lowest BCUT2D eigenvalue weighted by atomic mass is 9.64. The Bertz CT molecular complexity index is 800. The van der Waals surface area contributed by atoms with Gasteiger partial charge in [-0.2, -0.15) is 0 Å². The highest BCUT2D eigenvalue weighted by atomic mass is 16.5. The second-order valence-electron chi connectivity index (χ2n) is 9.81. The Morgan fingerprint density at radius 2 is 1.86 bits per heavy atom. The maximum Gasteiger partial charge on any atom is 0.326 e. The summed E-state index contributed by atoms with van der Waals surface area (Å²) < 4.78 is 5.31. The van der Waals surface area contributed by atoms with Crippen LogP contribution in [-0.4, -0.2) is 34.9 Å². The highest BCUT2D eigenvalue weighted by molar-refractivity contribution is 6.08. The molecule has 1 heterocycles. The van der Waals surface area contributed by atoms with Crippen LogP contribution in [0.2, 0.25) is 0 Å². The molecule has 158 valence electrons. The monoisotopic (exact) mass is 400 g/mol. The molecule has 2 aliphatic rings. The average molecular weight is 401 g/mol. The van der Waals surface area contributed by atoms with Gasteiger partial charge >= 0.3 is 12.0 Å². The average Bonchev–Trinajstić information content (AvgIpc) is 2.82. The molecule has 3 rings (SSSR count). The fraction of sp³-hybridized carbons (Fsp3) is 0.609. The van der Waals surface area contributed by atoms with E-state index in [2.05, 4.69) is 39.9 Å². The largest absolute Gasteiger partial charge is 0.459 e. The number of rotatable bonds is 5. The Kier molecular flexibility index (Phi) is 5.74. The molecule has 0 aromatic heterocycles. The molecule has 1 aliphatic heterocycles. The predicted molar refractivity (Wildman–Crippen MR) is 110 cm³/mol. The Hall–Kier alpha value is -2.37. The van der Waals surface area contributed by atoms with Crippen molar-refractivity contribution in [1.29, 1.82) is 0 Å². The molecule has 3 amide bonds. The van der Waals surface area contributed by atoms with Crippen molar-refractivity contribution in [3.8, 4) is 0 Å². The number of urea groups is 1. The van der Waals surface area contributed by atoms with Gasteiger partial charge in [0.25, 0.3) is 5.91 Å². The summed E-state index contributed by atoms with van der Waals surface area (Å²) in [6, 6.07) is 7.38. The number of benzene rings is 1. The van der Waals surface area contributed by atoms with E-state index >= 15 is 0 Å². The van der Waals surface area contributed by atoms with Crippen LogP contribution in [0.3, 0.4) is 0 Å². The van der Waals surface area contributed by atoms with Crippen molar-refractivity contribution in [3.05, 3.63) is 35.4 Å². The van der Waals surface area contributed by atoms with Crippen LogP contribution < -0.4 is 5.32 Å². The van der Waals surface area contributed by atoms with Gasteiger partial charge in [-0.1, -0.05) is 58.9 Å². The number of amides is 3. The normalized spacial score (nSPS) is 26.1. The first-order chi connectivity index (χ1) is 13.5. The minimum atomic E-state index is -0.898. The van der Waals surface area contributed by atoms with Crippen LogP contribution in [0.1, 0.15) is 70.9 Å². The molecule has 1 saturated carbocycles. The molecule has 1 aromatic carbocycles. The van der Waals surface area contributed by atoms with Crippen molar-refractivity contribution in [2.75, 3.05) is 6.54 Å². The number of hydrogen-bond donors (Lipinski definition) is 1. The van der Waals surface area contributed by atoms with Crippen molar-refractivity contribution in [1.82, 2.24) is 10.2 Å². The van der Waals surface area contributed by atoms with Crippen LogP contribution in [0.4, 0.5) is 4.79 Å². The van der Waals surface area contributed by atoms with E-state index in [-0.39, 0.29) is 24.5 Å². The van der Waals surface area contributed by atoms with Crippen molar-refractivity contribution >= 4 is 17.9 Å². The van der Waals surface area contributed by atoms with Gasteiger partial charge in [-0.15, -0.1) is 0 Å². The van der Waals surface area contributed by atoms with E-state index in [9.17, 15) is 14.4 Å².